The number of halogens is 1. The highest BCUT2D eigenvalue weighted by molar-refractivity contribution is 5.95. The summed E-state index contributed by atoms with van der Waals surface area (Å²) in [6.45, 7) is 1.96. The van der Waals surface area contributed by atoms with Gasteiger partial charge in [0.05, 0.1) is 21.3 Å². The van der Waals surface area contributed by atoms with Crippen LogP contribution in [-0.4, -0.2) is 58.3 Å². The van der Waals surface area contributed by atoms with E-state index in [1.165, 1.54) is 0 Å². The summed E-state index contributed by atoms with van der Waals surface area (Å²) in [5.74, 6) is 1.45. The standard InChI is InChI=1S/C17H26N2O4.ClH/c1-19(13-6-5-8-18-9-7-13)17(20)12-10-14(21-2)16(23-4)15(11-12)22-3;/h10-11,13,18H,5-9H2,1-4H3;1H. The third kappa shape index (κ3) is 4.45. The van der Waals surface area contributed by atoms with Crippen molar-refractivity contribution < 1.29 is 19.0 Å². The van der Waals surface area contributed by atoms with Crippen molar-refractivity contribution in [1.29, 1.82) is 0 Å². The Bertz CT molecular complexity index is 520. The fourth-order valence-electron chi connectivity index (χ4n) is 2.96. The van der Waals surface area contributed by atoms with Crippen molar-refractivity contribution in [3.8, 4) is 17.2 Å². The van der Waals surface area contributed by atoms with Gasteiger partial charge in [0.25, 0.3) is 5.91 Å². The number of hydrogen-bond donors (Lipinski definition) is 1. The molecule has 1 aliphatic rings. The molecule has 1 heterocycles. The largest absolute Gasteiger partial charge is 0.493 e. The molecule has 1 aromatic rings. The first-order chi connectivity index (χ1) is 11.1. The molecule has 0 aliphatic carbocycles. The van der Waals surface area contributed by atoms with Crippen LogP contribution in [0, 0.1) is 0 Å². The molecule has 1 unspecified atom stereocenters. The van der Waals surface area contributed by atoms with Crippen molar-refractivity contribution in [3.63, 3.8) is 0 Å². The molecule has 1 aromatic carbocycles. The maximum Gasteiger partial charge on any atom is 0.254 e. The molecule has 0 bridgehead atoms. The van der Waals surface area contributed by atoms with Gasteiger partial charge in [0.1, 0.15) is 0 Å². The van der Waals surface area contributed by atoms with E-state index in [0.29, 0.717) is 22.8 Å². The summed E-state index contributed by atoms with van der Waals surface area (Å²) in [5.41, 5.74) is 0.541. The van der Waals surface area contributed by atoms with Crippen LogP contribution in [0.5, 0.6) is 17.2 Å². The monoisotopic (exact) mass is 358 g/mol. The van der Waals surface area contributed by atoms with Gasteiger partial charge in [-0.15, -0.1) is 12.4 Å². The van der Waals surface area contributed by atoms with Crippen LogP contribution in [0.4, 0.5) is 0 Å². The normalized spacial score (nSPS) is 17.2. The number of carbonyl (C=O) groups excluding carboxylic acids is 1. The molecule has 0 radical (unpaired) electrons. The molecule has 136 valence electrons. The van der Waals surface area contributed by atoms with Crippen LogP contribution in [0.15, 0.2) is 12.1 Å². The SMILES string of the molecule is COc1cc(C(=O)N(C)C2CCCNCC2)cc(OC)c1OC.Cl. The summed E-state index contributed by atoms with van der Waals surface area (Å²) in [6.07, 6.45) is 3.06. The highest BCUT2D eigenvalue weighted by Gasteiger charge is 2.24. The topological polar surface area (TPSA) is 60.0 Å². The van der Waals surface area contributed by atoms with Gasteiger partial charge in [0, 0.05) is 18.7 Å². The Hall–Kier alpha value is -1.66. The minimum atomic E-state index is -0.0313. The molecule has 1 fully saturated rings. The number of nitrogens with zero attached hydrogens (tertiary/aromatic N) is 1. The van der Waals surface area contributed by atoms with Crippen molar-refractivity contribution >= 4 is 18.3 Å². The summed E-state index contributed by atoms with van der Waals surface area (Å²) in [4.78, 5) is 14.7. The Labute approximate surface area is 149 Å². The smallest absolute Gasteiger partial charge is 0.254 e. The first-order valence-electron chi connectivity index (χ1n) is 7.90. The van der Waals surface area contributed by atoms with Gasteiger partial charge in [-0.25, -0.2) is 0 Å². The maximum absolute atomic E-state index is 12.8. The zero-order valence-corrected chi connectivity index (χ0v) is 15.6. The fraction of sp³-hybridized carbons (Fsp3) is 0.588. The average Bonchev–Trinajstić information content (AvgIpc) is 2.88. The molecule has 1 amide bonds. The average molecular weight is 359 g/mol. The predicted octanol–water partition coefficient (Wildman–Crippen LogP) is 2.35. The zero-order valence-electron chi connectivity index (χ0n) is 14.8. The van der Waals surface area contributed by atoms with Crippen molar-refractivity contribution in [3.05, 3.63) is 17.7 Å². The number of amides is 1. The Kier molecular flexibility index (Phi) is 8.15. The van der Waals surface area contributed by atoms with E-state index in [1.807, 2.05) is 11.9 Å². The van der Waals surface area contributed by atoms with Gasteiger partial charge in [-0.2, -0.15) is 0 Å². The van der Waals surface area contributed by atoms with Gasteiger partial charge in [0.2, 0.25) is 5.75 Å². The lowest BCUT2D eigenvalue weighted by molar-refractivity contribution is 0.0719. The molecule has 1 aliphatic heterocycles. The number of ether oxygens (including phenoxy) is 3. The van der Waals surface area contributed by atoms with Crippen LogP contribution in [-0.2, 0) is 0 Å². The van der Waals surface area contributed by atoms with Crippen LogP contribution in [0.25, 0.3) is 0 Å². The van der Waals surface area contributed by atoms with Crippen molar-refractivity contribution in [1.82, 2.24) is 10.2 Å². The second-order valence-electron chi connectivity index (χ2n) is 5.66. The molecule has 6 nitrogen and oxygen atoms in total. The molecular weight excluding hydrogens is 332 g/mol. The van der Waals surface area contributed by atoms with Gasteiger partial charge in [-0.05, 0) is 44.5 Å². The summed E-state index contributed by atoms with van der Waals surface area (Å²) < 4.78 is 16.0. The summed E-state index contributed by atoms with van der Waals surface area (Å²) in [7, 11) is 6.51. The lowest BCUT2D eigenvalue weighted by Gasteiger charge is -2.27. The Morgan fingerprint density at radius 2 is 1.71 bits per heavy atom. The molecule has 24 heavy (non-hydrogen) atoms. The van der Waals surface area contributed by atoms with Crippen LogP contribution in [0.2, 0.25) is 0 Å². The molecular formula is C17H27ClN2O4. The van der Waals surface area contributed by atoms with Crippen molar-refractivity contribution in [2.24, 2.45) is 0 Å². The highest BCUT2D eigenvalue weighted by Crippen LogP contribution is 2.38. The van der Waals surface area contributed by atoms with E-state index in [4.69, 9.17) is 14.2 Å². The second-order valence-corrected chi connectivity index (χ2v) is 5.66. The van der Waals surface area contributed by atoms with E-state index >= 15 is 0 Å². The van der Waals surface area contributed by atoms with Gasteiger partial charge in [0.15, 0.2) is 11.5 Å². The predicted molar refractivity (Wildman–Crippen MR) is 95.9 cm³/mol. The van der Waals surface area contributed by atoms with E-state index < -0.39 is 0 Å². The van der Waals surface area contributed by atoms with Crippen LogP contribution in [0.3, 0.4) is 0 Å². The van der Waals surface area contributed by atoms with E-state index in [1.54, 1.807) is 33.5 Å². The number of benzene rings is 1. The van der Waals surface area contributed by atoms with Gasteiger partial charge < -0.3 is 24.4 Å². The molecule has 0 saturated carbocycles. The first-order valence-corrected chi connectivity index (χ1v) is 7.90. The molecule has 1 saturated heterocycles. The summed E-state index contributed by atoms with van der Waals surface area (Å²) in [5, 5.41) is 3.37. The highest BCUT2D eigenvalue weighted by atomic mass is 35.5. The quantitative estimate of drug-likeness (QED) is 0.875. The third-order valence-corrected chi connectivity index (χ3v) is 4.32. The van der Waals surface area contributed by atoms with Gasteiger partial charge in [-0.1, -0.05) is 0 Å². The number of methoxy groups -OCH3 is 3. The number of rotatable bonds is 5. The molecule has 2 rings (SSSR count). The number of nitrogens with one attached hydrogen (secondary N) is 1. The van der Waals surface area contributed by atoms with E-state index in [2.05, 4.69) is 5.32 Å². The maximum atomic E-state index is 12.8. The molecule has 0 aromatic heterocycles. The molecule has 7 heteroatoms. The van der Waals surface area contributed by atoms with Crippen molar-refractivity contribution in [2.45, 2.75) is 25.3 Å². The minimum absolute atomic E-state index is 0. The van der Waals surface area contributed by atoms with Gasteiger partial charge >= 0.3 is 0 Å². The van der Waals surface area contributed by atoms with Crippen LogP contribution in [0.1, 0.15) is 29.6 Å². The van der Waals surface area contributed by atoms with E-state index in [0.717, 1.165) is 32.4 Å². The molecule has 1 atom stereocenters. The van der Waals surface area contributed by atoms with E-state index in [-0.39, 0.29) is 24.4 Å². The summed E-state index contributed by atoms with van der Waals surface area (Å²) >= 11 is 0. The Balaban J connectivity index is 0.00000288. The number of hydrogen-bond acceptors (Lipinski definition) is 5. The summed E-state index contributed by atoms with van der Waals surface area (Å²) in [6, 6.07) is 3.65. The second kappa shape index (κ2) is 9.59. The van der Waals surface area contributed by atoms with Crippen LogP contribution >= 0.6 is 12.4 Å². The lowest BCUT2D eigenvalue weighted by atomic mass is 10.1. The third-order valence-electron chi connectivity index (χ3n) is 4.32. The van der Waals surface area contributed by atoms with Crippen molar-refractivity contribution in [2.75, 3.05) is 41.5 Å². The Morgan fingerprint density at radius 1 is 1.08 bits per heavy atom. The molecule has 0 spiro atoms. The molecule has 1 N–H and O–H groups in total. The van der Waals surface area contributed by atoms with Crippen LogP contribution < -0.4 is 19.5 Å². The minimum Gasteiger partial charge on any atom is -0.493 e. The Morgan fingerprint density at radius 3 is 2.25 bits per heavy atom. The van der Waals surface area contributed by atoms with Gasteiger partial charge in [-0.3, -0.25) is 4.79 Å². The first kappa shape index (κ1) is 20.4. The zero-order chi connectivity index (χ0) is 16.8. The number of carbonyl (C=O) groups is 1. The lowest BCUT2D eigenvalue weighted by Crippen LogP contribution is -2.37. The fourth-order valence-corrected chi connectivity index (χ4v) is 2.96. The van der Waals surface area contributed by atoms with E-state index in [9.17, 15) is 4.79 Å².